The molecule has 0 bridgehead atoms. The molecule has 0 saturated carbocycles. The van der Waals surface area contributed by atoms with Crippen LogP contribution in [0.15, 0.2) is 53.3 Å². The molecular weight excluding hydrogens is 204 g/mol. The summed E-state index contributed by atoms with van der Waals surface area (Å²) in [7, 11) is 0. The lowest BCUT2D eigenvalue weighted by Crippen LogP contribution is -1.94. The van der Waals surface area contributed by atoms with E-state index in [-0.39, 0.29) is 0 Å². The number of hydrogen-bond donors (Lipinski definition) is 0. The second-order valence-corrected chi connectivity index (χ2v) is 4.64. The van der Waals surface area contributed by atoms with Crippen molar-refractivity contribution in [3.8, 4) is 0 Å². The summed E-state index contributed by atoms with van der Waals surface area (Å²) < 4.78 is 0. The molecule has 0 spiro atoms. The third kappa shape index (κ3) is 5.56. The molecule has 0 aliphatic heterocycles. The molecule has 0 aromatic carbocycles. The zero-order valence-corrected chi connectivity index (χ0v) is 11.3. The van der Waals surface area contributed by atoms with E-state index >= 15 is 0 Å². The molecule has 1 aliphatic carbocycles. The van der Waals surface area contributed by atoms with Crippen molar-refractivity contribution in [2.75, 3.05) is 0 Å². The molecule has 0 radical (unpaired) electrons. The average molecular weight is 228 g/mol. The Morgan fingerprint density at radius 1 is 1.47 bits per heavy atom. The summed E-state index contributed by atoms with van der Waals surface area (Å²) in [4.78, 5) is 0. The van der Waals surface area contributed by atoms with Crippen LogP contribution in [0.25, 0.3) is 0 Å². The van der Waals surface area contributed by atoms with E-state index in [1.165, 1.54) is 24.0 Å². The minimum absolute atomic E-state index is 1.07. The molecule has 0 nitrogen and oxygen atoms in total. The van der Waals surface area contributed by atoms with Gasteiger partial charge in [-0.1, -0.05) is 49.0 Å². The van der Waals surface area contributed by atoms with Gasteiger partial charge in [-0.3, -0.25) is 0 Å². The van der Waals surface area contributed by atoms with E-state index in [1.807, 2.05) is 0 Å². The fourth-order valence-electron chi connectivity index (χ4n) is 2.10. The summed E-state index contributed by atoms with van der Waals surface area (Å²) >= 11 is 0. The number of allylic oxidation sites excluding steroid dienone is 7. The van der Waals surface area contributed by atoms with E-state index in [4.69, 9.17) is 0 Å². The van der Waals surface area contributed by atoms with E-state index in [0.717, 1.165) is 25.7 Å². The van der Waals surface area contributed by atoms with Crippen LogP contribution in [0, 0.1) is 0 Å². The maximum absolute atomic E-state index is 3.71. The molecule has 0 aromatic heterocycles. The largest absolute Gasteiger partial charge is 0.129 e. The van der Waals surface area contributed by atoms with Crippen molar-refractivity contribution in [1.82, 2.24) is 0 Å². The van der Waals surface area contributed by atoms with Crippen LogP contribution in [-0.4, -0.2) is 0 Å². The van der Waals surface area contributed by atoms with Crippen LogP contribution in [0.4, 0.5) is 0 Å². The molecule has 92 valence electrons. The van der Waals surface area contributed by atoms with Gasteiger partial charge in [0.1, 0.15) is 0 Å². The van der Waals surface area contributed by atoms with Crippen LogP contribution in [0.3, 0.4) is 0 Å². The summed E-state index contributed by atoms with van der Waals surface area (Å²) in [5.74, 6) is 0. The molecule has 0 heteroatoms. The second kappa shape index (κ2) is 7.92. The lowest BCUT2D eigenvalue weighted by molar-refractivity contribution is 0.790. The van der Waals surface area contributed by atoms with Crippen molar-refractivity contribution < 1.29 is 0 Å². The Hall–Kier alpha value is -1.26. The molecule has 1 rings (SSSR count). The van der Waals surface area contributed by atoms with Gasteiger partial charge in [-0.15, -0.1) is 5.73 Å². The quantitative estimate of drug-likeness (QED) is 0.331. The van der Waals surface area contributed by atoms with E-state index in [0.29, 0.717) is 0 Å². The maximum atomic E-state index is 3.71. The van der Waals surface area contributed by atoms with Gasteiger partial charge in [-0.25, -0.2) is 0 Å². The second-order valence-electron chi connectivity index (χ2n) is 4.64. The van der Waals surface area contributed by atoms with Gasteiger partial charge in [-0.05, 0) is 51.0 Å². The Morgan fingerprint density at radius 2 is 2.29 bits per heavy atom. The minimum Gasteiger partial charge on any atom is -0.129 e. The Balaban J connectivity index is 2.31. The molecule has 0 unspecified atom stereocenters. The first-order valence-electron chi connectivity index (χ1n) is 6.65. The molecule has 0 amide bonds. The van der Waals surface area contributed by atoms with Crippen LogP contribution in [0.2, 0.25) is 0 Å². The highest BCUT2D eigenvalue weighted by molar-refractivity contribution is 5.19. The molecule has 1 aliphatic rings. The van der Waals surface area contributed by atoms with E-state index in [2.05, 4.69) is 50.5 Å². The smallest absolute Gasteiger partial charge is 0.00599 e. The van der Waals surface area contributed by atoms with Gasteiger partial charge < -0.3 is 0 Å². The monoisotopic (exact) mass is 228 g/mol. The van der Waals surface area contributed by atoms with E-state index in [1.54, 1.807) is 5.57 Å². The first-order chi connectivity index (χ1) is 8.26. The van der Waals surface area contributed by atoms with Gasteiger partial charge in [0.25, 0.3) is 0 Å². The highest BCUT2D eigenvalue weighted by atomic mass is 14.1. The van der Waals surface area contributed by atoms with Crippen LogP contribution >= 0.6 is 0 Å². The third-order valence-corrected chi connectivity index (χ3v) is 3.17. The van der Waals surface area contributed by atoms with E-state index < -0.39 is 0 Å². The first kappa shape index (κ1) is 13.8. The lowest BCUT2D eigenvalue weighted by atomic mass is 9.92. The van der Waals surface area contributed by atoms with Gasteiger partial charge in [0.2, 0.25) is 0 Å². The Kier molecular flexibility index (Phi) is 6.43. The molecule has 0 heterocycles. The highest BCUT2D eigenvalue weighted by Crippen LogP contribution is 2.24. The third-order valence-electron chi connectivity index (χ3n) is 3.17. The maximum Gasteiger partial charge on any atom is -0.00599 e. The van der Waals surface area contributed by atoms with Crippen LogP contribution < -0.4 is 0 Å². The van der Waals surface area contributed by atoms with Gasteiger partial charge in [0, 0.05) is 0 Å². The highest BCUT2D eigenvalue weighted by Gasteiger charge is 2.05. The molecule has 0 N–H and O–H groups in total. The van der Waals surface area contributed by atoms with Crippen molar-refractivity contribution in [2.24, 2.45) is 0 Å². The van der Waals surface area contributed by atoms with Gasteiger partial charge in [0.15, 0.2) is 0 Å². The van der Waals surface area contributed by atoms with Crippen molar-refractivity contribution in [3.63, 3.8) is 0 Å². The zero-order chi connectivity index (χ0) is 12.5. The van der Waals surface area contributed by atoms with Crippen LogP contribution in [0.5, 0.6) is 0 Å². The summed E-state index contributed by atoms with van der Waals surface area (Å²) in [6.07, 6.45) is 16.1. The Bertz CT molecular complexity index is 371. The fourth-order valence-corrected chi connectivity index (χ4v) is 2.10. The molecule has 0 aromatic rings. The van der Waals surface area contributed by atoms with Crippen molar-refractivity contribution in [3.05, 3.63) is 53.3 Å². The summed E-state index contributed by atoms with van der Waals surface area (Å²) in [6.45, 7) is 8.06. The first-order valence-corrected chi connectivity index (χ1v) is 6.65. The Labute approximate surface area is 106 Å². The summed E-state index contributed by atoms with van der Waals surface area (Å²) in [5.41, 5.74) is 7.37. The van der Waals surface area contributed by atoms with Crippen molar-refractivity contribution in [2.45, 2.75) is 52.4 Å². The fraction of sp³-hybridized carbons (Fsp3) is 0.471. The van der Waals surface area contributed by atoms with Crippen LogP contribution in [-0.2, 0) is 0 Å². The van der Waals surface area contributed by atoms with Crippen molar-refractivity contribution in [1.29, 1.82) is 0 Å². The summed E-state index contributed by atoms with van der Waals surface area (Å²) in [6, 6.07) is 0. The SMILES string of the molecule is C=C=C1CC=C(CC/C=C/C(C)=C\CC)CC1. The molecular formula is C17H24. The van der Waals surface area contributed by atoms with E-state index in [9.17, 15) is 0 Å². The predicted octanol–water partition coefficient (Wildman–Crippen LogP) is 5.50. The predicted molar refractivity (Wildman–Crippen MR) is 77.0 cm³/mol. The Morgan fingerprint density at radius 3 is 2.88 bits per heavy atom. The standard InChI is InChI=1S/C17H24/c1-4-8-15(3)9-6-7-10-17-13-11-16(5-2)12-14-17/h6,8-9,13H,2,4,7,10-12,14H2,1,3H3/b9-6+,15-8-. The number of rotatable bonds is 5. The zero-order valence-electron chi connectivity index (χ0n) is 11.3. The van der Waals surface area contributed by atoms with Crippen LogP contribution in [0.1, 0.15) is 52.4 Å². The molecule has 0 atom stereocenters. The van der Waals surface area contributed by atoms with Gasteiger partial charge in [0.05, 0.1) is 0 Å². The topological polar surface area (TPSA) is 0 Å². The molecule has 0 fully saturated rings. The minimum atomic E-state index is 1.07. The van der Waals surface area contributed by atoms with Crippen molar-refractivity contribution >= 4 is 0 Å². The number of hydrogen-bond acceptors (Lipinski definition) is 0. The lowest BCUT2D eigenvalue weighted by Gasteiger charge is -2.13. The van der Waals surface area contributed by atoms with Gasteiger partial charge in [-0.2, -0.15) is 0 Å². The molecule has 17 heavy (non-hydrogen) atoms. The average Bonchev–Trinajstić information content (AvgIpc) is 2.36. The summed E-state index contributed by atoms with van der Waals surface area (Å²) in [5, 5.41) is 0. The molecule has 0 saturated heterocycles. The normalized spacial score (nSPS) is 17.2. The van der Waals surface area contributed by atoms with Gasteiger partial charge >= 0.3 is 0 Å².